The first-order valence-electron chi connectivity index (χ1n) is 10.7. The third kappa shape index (κ3) is 3.64. The van der Waals surface area contributed by atoms with E-state index in [1.165, 1.54) is 17.7 Å². The van der Waals surface area contributed by atoms with Crippen LogP contribution in [0.1, 0.15) is 12.6 Å². The number of H-pyrrole nitrogens is 1. The first kappa shape index (κ1) is 23.0. The number of halogens is 3. The Hall–Kier alpha value is -3.81. The normalized spacial score (nSPS) is 14.7. The smallest absolute Gasteiger partial charge is 0.272 e. The number of hydrogen-bond acceptors (Lipinski definition) is 5. The molecule has 4 aromatic rings. The molecule has 0 amide bonds. The Labute approximate surface area is 203 Å². The zero-order valence-electron chi connectivity index (χ0n) is 18.9. The Kier molecular flexibility index (Phi) is 5.34. The molecule has 11 heteroatoms. The number of alkyl halides is 1. The molecule has 178 valence electrons. The maximum Gasteiger partial charge on any atom is 0.272 e. The van der Waals surface area contributed by atoms with Gasteiger partial charge in [-0.3, -0.25) is 9.48 Å². The molecule has 0 unspecified atom stereocenters. The van der Waals surface area contributed by atoms with Crippen molar-refractivity contribution >= 4 is 33.7 Å². The second-order valence-electron chi connectivity index (χ2n) is 8.79. The second-order valence-corrected chi connectivity index (χ2v) is 9.20. The van der Waals surface area contributed by atoms with Gasteiger partial charge >= 0.3 is 0 Å². The fourth-order valence-corrected chi connectivity index (χ4v) is 4.78. The Morgan fingerprint density at radius 2 is 2.06 bits per heavy atom. The molecule has 2 aromatic carbocycles. The van der Waals surface area contributed by atoms with Crippen molar-refractivity contribution in [2.75, 3.05) is 18.0 Å². The SMILES string of the molecule is [C-]#[N+]c1c(N2CC(C)(F)C2)cc(Cl)c(F)c1-c1c(-c2ccc3c(=O)[nH]nc(CN)c3c2)cnn1C. The van der Waals surface area contributed by atoms with Gasteiger partial charge in [0.1, 0.15) is 11.5 Å². The van der Waals surface area contributed by atoms with Crippen molar-refractivity contribution in [1.82, 2.24) is 20.0 Å². The van der Waals surface area contributed by atoms with E-state index in [0.29, 0.717) is 39.0 Å². The number of nitrogens with two attached hydrogens (primary N) is 1. The lowest BCUT2D eigenvalue weighted by molar-refractivity contribution is 0.145. The molecule has 0 aliphatic carbocycles. The Bertz CT molecular complexity index is 1590. The predicted molar refractivity (Wildman–Crippen MR) is 131 cm³/mol. The van der Waals surface area contributed by atoms with Crippen molar-refractivity contribution in [3.05, 3.63) is 68.8 Å². The second kappa shape index (κ2) is 8.15. The number of fused-ring (bicyclic) bond motifs is 1. The van der Waals surface area contributed by atoms with Gasteiger partial charge in [-0.2, -0.15) is 10.2 Å². The highest BCUT2D eigenvalue weighted by Crippen LogP contribution is 2.48. The topological polar surface area (TPSA) is 97.2 Å². The lowest BCUT2D eigenvalue weighted by Crippen LogP contribution is -2.57. The molecular formula is C24H20ClF2N7O. The van der Waals surface area contributed by atoms with Crippen molar-refractivity contribution in [3.63, 3.8) is 0 Å². The van der Waals surface area contributed by atoms with Crippen LogP contribution >= 0.6 is 11.6 Å². The van der Waals surface area contributed by atoms with Gasteiger partial charge in [0.15, 0.2) is 0 Å². The van der Waals surface area contributed by atoms with Crippen LogP contribution in [-0.2, 0) is 13.6 Å². The molecular weight excluding hydrogens is 476 g/mol. The van der Waals surface area contributed by atoms with E-state index in [4.69, 9.17) is 23.9 Å². The van der Waals surface area contributed by atoms with E-state index < -0.39 is 11.5 Å². The molecule has 2 aromatic heterocycles. The summed E-state index contributed by atoms with van der Waals surface area (Å²) in [5.74, 6) is -0.767. The summed E-state index contributed by atoms with van der Waals surface area (Å²) in [6.45, 7) is 9.55. The van der Waals surface area contributed by atoms with E-state index in [2.05, 4.69) is 20.1 Å². The van der Waals surface area contributed by atoms with Gasteiger partial charge in [0, 0.05) is 35.8 Å². The fourth-order valence-electron chi connectivity index (χ4n) is 4.58. The first-order chi connectivity index (χ1) is 16.6. The minimum absolute atomic E-state index is 0.0202. The molecule has 35 heavy (non-hydrogen) atoms. The zero-order chi connectivity index (χ0) is 25.1. The number of nitrogens with one attached hydrogen (secondary N) is 1. The maximum absolute atomic E-state index is 15.5. The van der Waals surface area contributed by atoms with Gasteiger partial charge in [0.2, 0.25) is 5.69 Å². The molecule has 1 fully saturated rings. The summed E-state index contributed by atoms with van der Waals surface area (Å²) in [6, 6.07) is 6.45. The van der Waals surface area contributed by atoms with E-state index in [1.54, 1.807) is 36.3 Å². The monoisotopic (exact) mass is 495 g/mol. The van der Waals surface area contributed by atoms with Crippen molar-refractivity contribution in [1.29, 1.82) is 0 Å². The average Bonchev–Trinajstić information content (AvgIpc) is 3.19. The fraction of sp³-hybridized carbons (Fsp3) is 0.250. The minimum atomic E-state index is -1.39. The minimum Gasteiger partial charge on any atom is -0.374 e. The van der Waals surface area contributed by atoms with Gasteiger partial charge in [0.05, 0.1) is 47.7 Å². The van der Waals surface area contributed by atoms with Crippen LogP contribution < -0.4 is 16.2 Å². The van der Waals surface area contributed by atoms with Crippen molar-refractivity contribution < 1.29 is 8.78 Å². The summed E-state index contributed by atoms with van der Waals surface area (Å²) in [5.41, 5.74) is 6.39. The van der Waals surface area contributed by atoms with E-state index >= 15 is 4.39 Å². The Morgan fingerprint density at radius 3 is 2.71 bits per heavy atom. The molecule has 8 nitrogen and oxygen atoms in total. The van der Waals surface area contributed by atoms with E-state index in [1.807, 2.05) is 0 Å². The number of aryl methyl sites for hydroxylation is 1. The molecule has 0 radical (unpaired) electrons. The number of rotatable bonds is 4. The first-order valence-corrected chi connectivity index (χ1v) is 11.1. The lowest BCUT2D eigenvalue weighted by atomic mass is 9.94. The number of benzene rings is 2. The number of aromatic nitrogens is 4. The van der Waals surface area contributed by atoms with Crippen LogP contribution in [-0.4, -0.2) is 38.7 Å². The van der Waals surface area contributed by atoms with Crippen LogP contribution in [0.4, 0.5) is 20.2 Å². The van der Waals surface area contributed by atoms with Gasteiger partial charge in [-0.25, -0.2) is 18.7 Å². The van der Waals surface area contributed by atoms with Gasteiger partial charge in [0.25, 0.3) is 5.56 Å². The van der Waals surface area contributed by atoms with Gasteiger partial charge < -0.3 is 10.6 Å². The maximum atomic E-state index is 15.5. The Balaban J connectivity index is 1.75. The standard InChI is InChI=1S/C24H20ClF2N7O/c1-24(27)10-34(11-24)18-7-16(25)20(26)19(21(18)29-2)22-15(9-30-33(22)3)12-4-5-13-14(6-12)17(8-28)31-32-23(13)35/h4-7,9H,8,10-11,28H2,1,3H3,(H,32,35). The number of hydrogen-bond donors (Lipinski definition) is 2. The van der Waals surface area contributed by atoms with Crippen LogP contribution in [0.15, 0.2) is 35.3 Å². The van der Waals surface area contributed by atoms with Crippen molar-refractivity contribution in [3.8, 4) is 22.4 Å². The van der Waals surface area contributed by atoms with Gasteiger partial charge in [-0.15, -0.1) is 0 Å². The Morgan fingerprint density at radius 1 is 1.31 bits per heavy atom. The van der Waals surface area contributed by atoms with Crippen molar-refractivity contribution in [2.24, 2.45) is 12.8 Å². The molecule has 5 rings (SSSR count). The summed E-state index contributed by atoms with van der Waals surface area (Å²) < 4.78 is 31.2. The third-order valence-corrected chi connectivity index (χ3v) is 6.49. The predicted octanol–water partition coefficient (Wildman–Crippen LogP) is 4.34. The van der Waals surface area contributed by atoms with E-state index in [-0.39, 0.29) is 41.5 Å². The molecule has 1 aliphatic heterocycles. The van der Waals surface area contributed by atoms with Crippen molar-refractivity contribution in [2.45, 2.75) is 19.1 Å². The van der Waals surface area contributed by atoms with Crippen LogP contribution in [0.25, 0.3) is 38.0 Å². The molecule has 0 atom stereocenters. The number of nitrogens with zero attached hydrogens (tertiary/aromatic N) is 5. The highest BCUT2D eigenvalue weighted by molar-refractivity contribution is 6.31. The molecule has 0 saturated carbocycles. The zero-order valence-corrected chi connectivity index (χ0v) is 19.6. The molecule has 3 N–H and O–H groups in total. The summed E-state index contributed by atoms with van der Waals surface area (Å²) in [5, 5.41) is 11.6. The van der Waals surface area contributed by atoms with Gasteiger partial charge in [-0.05, 0) is 30.7 Å². The molecule has 1 saturated heterocycles. The largest absolute Gasteiger partial charge is 0.374 e. The van der Waals surface area contributed by atoms with Crippen LogP contribution in [0.5, 0.6) is 0 Å². The third-order valence-electron chi connectivity index (χ3n) is 6.21. The molecule has 0 spiro atoms. The molecule has 1 aliphatic rings. The van der Waals surface area contributed by atoms with Crippen LogP contribution in [0.2, 0.25) is 5.02 Å². The van der Waals surface area contributed by atoms with E-state index in [0.717, 1.165) is 0 Å². The summed E-state index contributed by atoms with van der Waals surface area (Å²) in [4.78, 5) is 17.5. The summed E-state index contributed by atoms with van der Waals surface area (Å²) >= 11 is 6.26. The summed E-state index contributed by atoms with van der Waals surface area (Å²) in [7, 11) is 1.63. The quantitative estimate of drug-likeness (QED) is 0.410. The van der Waals surface area contributed by atoms with Crippen LogP contribution in [0.3, 0.4) is 0 Å². The van der Waals surface area contributed by atoms with Crippen LogP contribution in [0, 0.1) is 12.4 Å². The lowest BCUT2D eigenvalue weighted by Gasteiger charge is -2.44. The molecule has 3 heterocycles. The number of aromatic amines is 1. The highest BCUT2D eigenvalue weighted by Gasteiger charge is 2.41. The van der Waals surface area contributed by atoms with E-state index in [9.17, 15) is 9.18 Å². The average molecular weight is 496 g/mol. The molecule has 0 bridgehead atoms. The number of anilines is 1. The van der Waals surface area contributed by atoms with Gasteiger partial charge in [-0.1, -0.05) is 17.7 Å². The highest BCUT2D eigenvalue weighted by atomic mass is 35.5. The summed E-state index contributed by atoms with van der Waals surface area (Å²) in [6.07, 6.45) is 1.55.